The summed E-state index contributed by atoms with van der Waals surface area (Å²) in [5.41, 5.74) is 0.639. The van der Waals surface area contributed by atoms with Gasteiger partial charge in [-0.25, -0.2) is 0 Å². The van der Waals surface area contributed by atoms with E-state index in [0.29, 0.717) is 17.7 Å². The van der Waals surface area contributed by atoms with Crippen LogP contribution in [0.15, 0.2) is 30.3 Å². The van der Waals surface area contributed by atoms with Crippen LogP contribution in [0.25, 0.3) is 0 Å². The van der Waals surface area contributed by atoms with Crippen molar-refractivity contribution in [2.75, 3.05) is 11.5 Å². The number of carboxylic acids is 1. The molecule has 1 saturated carbocycles. The van der Waals surface area contributed by atoms with E-state index < -0.39 is 11.5 Å². The van der Waals surface area contributed by atoms with Crippen LogP contribution in [0, 0.1) is 0 Å². The SMILES string of the molecule is O=C(O)C1(NC2CC2c2ccccc2)CCSC1. The number of carboxylic acid groups (broad SMARTS) is 1. The molecule has 1 aliphatic carbocycles. The maximum atomic E-state index is 11.5. The van der Waals surface area contributed by atoms with E-state index in [1.165, 1.54) is 5.56 Å². The van der Waals surface area contributed by atoms with Crippen LogP contribution in [0.2, 0.25) is 0 Å². The van der Waals surface area contributed by atoms with Crippen molar-refractivity contribution in [1.82, 2.24) is 5.32 Å². The molecule has 0 aromatic heterocycles. The molecule has 18 heavy (non-hydrogen) atoms. The fraction of sp³-hybridized carbons (Fsp3) is 0.500. The Hall–Kier alpha value is -1.00. The van der Waals surface area contributed by atoms with Gasteiger partial charge in [0, 0.05) is 17.7 Å². The van der Waals surface area contributed by atoms with Crippen molar-refractivity contribution in [3.05, 3.63) is 35.9 Å². The molecule has 0 radical (unpaired) electrons. The summed E-state index contributed by atoms with van der Waals surface area (Å²) < 4.78 is 0. The van der Waals surface area contributed by atoms with Gasteiger partial charge < -0.3 is 5.11 Å². The quantitative estimate of drug-likeness (QED) is 0.873. The van der Waals surface area contributed by atoms with E-state index in [0.717, 1.165) is 18.6 Å². The highest BCUT2D eigenvalue weighted by atomic mass is 32.2. The van der Waals surface area contributed by atoms with Crippen molar-refractivity contribution in [3.63, 3.8) is 0 Å². The van der Waals surface area contributed by atoms with Crippen molar-refractivity contribution in [1.29, 1.82) is 0 Å². The molecule has 1 aromatic carbocycles. The first-order valence-electron chi connectivity index (χ1n) is 6.35. The van der Waals surface area contributed by atoms with E-state index in [9.17, 15) is 9.90 Å². The van der Waals surface area contributed by atoms with Gasteiger partial charge in [-0.05, 0) is 24.2 Å². The molecule has 1 aromatic rings. The predicted molar refractivity (Wildman–Crippen MR) is 73.0 cm³/mol. The van der Waals surface area contributed by atoms with Gasteiger partial charge in [0.05, 0.1) is 0 Å². The topological polar surface area (TPSA) is 49.3 Å². The molecule has 2 N–H and O–H groups in total. The third-order valence-electron chi connectivity index (χ3n) is 3.91. The van der Waals surface area contributed by atoms with Crippen LogP contribution in [0.5, 0.6) is 0 Å². The fourth-order valence-corrected chi connectivity index (χ4v) is 4.02. The normalized spacial score (nSPS) is 34.4. The summed E-state index contributed by atoms with van der Waals surface area (Å²) in [7, 11) is 0. The highest BCUT2D eigenvalue weighted by Gasteiger charge is 2.49. The van der Waals surface area contributed by atoms with Gasteiger partial charge in [0.2, 0.25) is 0 Å². The molecule has 0 spiro atoms. The molecular formula is C14H17NO2S. The Morgan fingerprint density at radius 3 is 2.78 bits per heavy atom. The smallest absolute Gasteiger partial charge is 0.324 e. The standard InChI is InChI=1S/C14H17NO2S/c16-13(17)14(6-7-18-9-14)15-12-8-11(12)10-4-2-1-3-5-10/h1-5,11-12,15H,6-9H2,(H,16,17). The number of carbonyl (C=O) groups is 1. The van der Waals surface area contributed by atoms with Crippen molar-refractivity contribution in [2.24, 2.45) is 0 Å². The Kier molecular flexibility index (Phi) is 3.08. The van der Waals surface area contributed by atoms with E-state index in [1.54, 1.807) is 11.8 Å². The van der Waals surface area contributed by atoms with Gasteiger partial charge in [-0.15, -0.1) is 0 Å². The van der Waals surface area contributed by atoms with Gasteiger partial charge in [-0.2, -0.15) is 11.8 Å². The molecule has 3 nitrogen and oxygen atoms in total. The summed E-state index contributed by atoms with van der Waals surface area (Å²) in [5.74, 6) is 1.45. The Balaban J connectivity index is 1.67. The molecule has 0 bridgehead atoms. The summed E-state index contributed by atoms with van der Waals surface area (Å²) in [5, 5.41) is 12.8. The van der Waals surface area contributed by atoms with Crippen LogP contribution in [0.3, 0.4) is 0 Å². The first-order chi connectivity index (χ1) is 8.71. The number of nitrogens with one attached hydrogen (secondary N) is 1. The monoisotopic (exact) mass is 263 g/mol. The molecule has 96 valence electrons. The molecule has 3 rings (SSSR count). The Labute approximate surface area is 111 Å². The third-order valence-corrected chi connectivity index (χ3v) is 5.10. The lowest BCUT2D eigenvalue weighted by Crippen LogP contribution is -2.53. The molecule has 2 aliphatic rings. The van der Waals surface area contributed by atoms with Crippen LogP contribution in [0.1, 0.15) is 24.3 Å². The first kappa shape index (κ1) is 12.1. The zero-order chi connectivity index (χ0) is 12.6. The number of aliphatic carboxylic acids is 1. The molecule has 1 saturated heterocycles. The Bertz CT molecular complexity index is 442. The highest BCUT2D eigenvalue weighted by Crippen LogP contribution is 2.43. The van der Waals surface area contributed by atoms with Crippen molar-refractivity contribution in [2.45, 2.75) is 30.3 Å². The Morgan fingerprint density at radius 1 is 1.39 bits per heavy atom. The minimum absolute atomic E-state index is 0.335. The average Bonchev–Trinajstić information content (AvgIpc) is 2.96. The lowest BCUT2D eigenvalue weighted by molar-refractivity contribution is -0.143. The van der Waals surface area contributed by atoms with Gasteiger partial charge in [-0.3, -0.25) is 10.1 Å². The van der Waals surface area contributed by atoms with E-state index in [1.807, 2.05) is 18.2 Å². The Morgan fingerprint density at radius 2 is 2.17 bits per heavy atom. The summed E-state index contributed by atoms with van der Waals surface area (Å²) in [4.78, 5) is 11.5. The van der Waals surface area contributed by atoms with Crippen LogP contribution < -0.4 is 5.32 Å². The minimum Gasteiger partial charge on any atom is -0.480 e. The second-order valence-corrected chi connectivity index (χ2v) is 6.30. The number of rotatable bonds is 4. The molecule has 1 aliphatic heterocycles. The van der Waals surface area contributed by atoms with Gasteiger partial charge >= 0.3 is 5.97 Å². The zero-order valence-corrected chi connectivity index (χ0v) is 11.0. The molecule has 2 fully saturated rings. The fourth-order valence-electron chi connectivity index (χ4n) is 2.69. The van der Waals surface area contributed by atoms with Crippen LogP contribution in [-0.2, 0) is 4.79 Å². The van der Waals surface area contributed by atoms with Crippen molar-refractivity contribution >= 4 is 17.7 Å². The van der Waals surface area contributed by atoms with Crippen molar-refractivity contribution < 1.29 is 9.90 Å². The molecule has 3 atom stereocenters. The summed E-state index contributed by atoms with van der Waals surface area (Å²) >= 11 is 1.73. The summed E-state index contributed by atoms with van der Waals surface area (Å²) in [6.45, 7) is 0. The number of hydrogen-bond donors (Lipinski definition) is 2. The van der Waals surface area contributed by atoms with E-state index >= 15 is 0 Å². The molecule has 1 heterocycles. The summed E-state index contributed by atoms with van der Waals surface area (Å²) in [6.07, 6.45) is 1.80. The first-order valence-corrected chi connectivity index (χ1v) is 7.50. The number of benzene rings is 1. The van der Waals surface area contributed by atoms with E-state index in [4.69, 9.17) is 0 Å². The highest BCUT2D eigenvalue weighted by molar-refractivity contribution is 7.99. The minimum atomic E-state index is -0.689. The van der Waals surface area contributed by atoms with Crippen LogP contribution in [0.4, 0.5) is 0 Å². The average molecular weight is 263 g/mol. The van der Waals surface area contributed by atoms with Gasteiger partial charge in [-0.1, -0.05) is 30.3 Å². The molecule has 3 unspecified atom stereocenters. The lowest BCUT2D eigenvalue weighted by atomic mass is 9.99. The molecular weight excluding hydrogens is 246 g/mol. The van der Waals surface area contributed by atoms with Gasteiger partial charge in [0.1, 0.15) is 5.54 Å². The van der Waals surface area contributed by atoms with Crippen molar-refractivity contribution in [3.8, 4) is 0 Å². The zero-order valence-electron chi connectivity index (χ0n) is 10.1. The second kappa shape index (κ2) is 4.59. The second-order valence-electron chi connectivity index (χ2n) is 5.19. The van der Waals surface area contributed by atoms with Crippen LogP contribution in [-0.4, -0.2) is 34.2 Å². The lowest BCUT2D eigenvalue weighted by Gasteiger charge is -2.25. The molecule has 0 amide bonds. The van der Waals surface area contributed by atoms with Gasteiger partial charge in [0.15, 0.2) is 0 Å². The third kappa shape index (κ3) is 2.15. The van der Waals surface area contributed by atoms with E-state index in [-0.39, 0.29) is 0 Å². The largest absolute Gasteiger partial charge is 0.480 e. The predicted octanol–water partition coefficient (Wildman–Crippen LogP) is 2.09. The maximum absolute atomic E-state index is 11.5. The number of hydrogen-bond acceptors (Lipinski definition) is 3. The van der Waals surface area contributed by atoms with Crippen LogP contribution >= 0.6 is 11.8 Å². The van der Waals surface area contributed by atoms with E-state index in [2.05, 4.69) is 17.4 Å². The molecule has 4 heteroatoms. The maximum Gasteiger partial charge on any atom is 0.324 e. The summed E-state index contributed by atoms with van der Waals surface area (Å²) in [6, 6.07) is 10.7. The number of thioether (sulfide) groups is 1. The van der Waals surface area contributed by atoms with Gasteiger partial charge in [0.25, 0.3) is 0 Å².